The van der Waals surface area contributed by atoms with E-state index in [1.807, 2.05) is 0 Å². The minimum atomic E-state index is -0.998. The number of fused-ring (bicyclic) bond motifs is 2. The number of aliphatic hydroxyl groups is 1. The van der Waals surface area contributed by atoms with Crippen molar-refractivity contribution in [2.24, 2.45) is 11.7 Å². The normalized spacial score (nSPS) is 24.9. The summed E-state index contributed by atoms with van der Waals surface area (Å²) in [5.74, 6) is -1.57. The Morgan fingerprint density at radius 3 is 2.38 bits per heavy atom. The summed E-state index contributed by atoms with van der Waals surface area (Å²) < 4.78 is 21.8. The van der Waals surface area contributed by atoms with E-state index in [-0.39, 0.29) is 40.5 Å². The fourth-order valence-electron chi connectivity index (χ4n) is 4.47. The molecule has 0 spiro atoms. The van der Waals surface area contributed by atoms with E-state index >= 15 is 0 Å². The van der Waals surface area contributed by atoms with E-state index in [4.69, 9.17) is 24.7 Å². The van der Waals surface area contributed by atoms with E-state index in [1.165, 1.54) is 33.5 Å². The summed E-state index contributed by atoms with van der Waals surface area (Å²) in [5, 5.41) is 35.3. The Morgan fingerprint density at radius 1 is 1.12 bits per heavy atom. The Hall–Kier alpha value is -3.80. The van der Waals surface area contributed by atoms with Crippen molar-refractivity contribution < 1.29 is 43.9 Å². The third-order valence-corrected chi connectivity index (χ3v) is 6.65. The smallest absolute Gasteiger partial charge is 0.405 e. The topological polar surface area (TPSA) is 170 Å². The van der Waals surface area contributed by atoms with Gasteiger partial charge in [0.25, 0.3) is 5.91 Å². The van der Waals surface area contributed by atoms with Gasteiger partial charge in [0, 0.05) is 31.8 Å². The van der Waals surface area contributed by atoms with E-state index in [9.17, 15) is 24.9 Å². The highest BCUT2D eigenvalue weighted by Crippen LogP contribution is 2.43. The fourth-order valence-corrected chi connectivity index (χ4v) is 4.47. The van der Waals surface area contributed by atoms with Crippen LogP contribution in [0.1, 0.15) is 39.7 Å². The molecule has 0 aromatic heterocycles. The van der Waals surface area contributed by atoms with Crippen molar-refractivity contribution in [3.63, 3.8) is 0 Å². The molecular formula is C29H40N2O9. The summed E-state index contributed by atoms with van der Waals surface area (Å²) in [6.07, 6.45) is 3.94. The number of hydrogen-bond acceptors (Lipinski definition) is 9. The molecule has 40 heavy (non-hydrogen) atoms. The Bertz CT molecular complexity index is 1200. The molecule has 1 heterocycles. The van der Waals surface area contributed by atoms with Crippen LogP contribution in [0.2, 0.25) is 0 Å². The zero-order valence-electron chi connectivity index (χ0n) is 23.9. The fraction of sp³-hybridized carbons (Fsp3) is 0.448. The zero-order chi connectivity index (χ0) is 30.1. The average Bonchev–Trinajstić information content (AvgIpc) is 2.90. The molecule has 2 rings (SSSR count). The third kappa shape index (κ3) is 8.10. The number of nitrogens with one attached hydrogen (secondary N) is 1. The van der Waals surface area contributed by atoms with Gasteiger partial charge in [-0.3, -0.25) is 4.79 Å². The largest absolute Gasteiger partial charge is 0.505 e. The lowest BCUT2D eigenvalue weighted by atomic mass is 9.91. The van der Waals surface area contributed by atoms with Crippen molar-refractivity contribution in [2.75, 3.05) is 26.6 Å². The van der Waals surface area contributed by atoms with Gasteiger partial charge < -0.3 is 45.3 Å². The highest BCUT2D eigenvalue weighted by Gasteiger charge is 2.29. The molecule has 220 valence electrons. The number of carbonyl (C=O) groups is 2. The lowest BCUT2D eigenvalue weighted by Crippen LogP contribution is -2.36. The lowest BCUT2D eigenvalue weighted by molar-refractivity contribution is -0.112. The van der Waals surface area contributed by atoms with Gasteiger partial charge in [-0.1, -0.05) is 36.8 Å². The van der Waals surface area contributed by atoms with E-state index < -0.39 is 42.3 Å². The molecule has 1 unspecified atom stereocenters. The number of hydrogen-bond donors (Lipinski definition) is 5. The molecule has 0 fully saturated rings. The first-order chi connectivity index (χ1) is 18.8. The van der Waals surface area contributed by atoms with Gasteiger partial charge >= 0.3 is 6.09 Å². The Labute approximate surface area is 234 Å². The van der Waals surface area contributed by atoms with Crippen molar-refractivity contribution >= 4 is 23.8 Å². The van der Waals surface area contributed by atoms with Crippen LogP contribution in [0.4, 0.5) is 10.5 Å². The molecule has 5 atom stereocenters. The first-order valence-corrected chi connectivity index (χ1v) is 12.7. The number of aliphatic hydroxyl groups excluding tert-OH is 1. The number of allylic oxidation sites excluding steroid dienone is 2. The van der Waals surface area contributed by atoms with Crippen LogP contribution >= 0.6 is 0 Å². The Balaban J connectivity index is 2.72. The number of nitrogens with two attached hydrogens (primary N) is 1. The number of carbonyl (C=O) groups excluding carboxylic acids is 2. The number of rotatable bonds is 4. The molecule has 1 aromatic rings. The van der Waals surface area contributed by atoms with E-state index in [1.54, 1.807) is 52.0 Å². The monoisotopic (exact) mass is 560 g/mol. The van der Waals surface area contributed by atoms with Crippen LogP contribution in [-0.2, 0) is 19.0 Å². The molecule has 2 amide bonds. The van der Waals surface area contributed by atoms with Gasteiger partial charge in [-0.15, -0.1) is 0 Å². The van der Waals surface area contributed by atoms with Crippen molar-refractivity contribution in [1.82, 2.24) is 0 Å². The van der Waals surface area contributed by atoms with Crippen LogP contribution in [0.25, 0.3) is 6.08 Å². The maximum absolute atomic E-state index is 12.9. The highest BCUT2D eigenvalue weighted by molar-refractivity contribution is 6.05. The van der Waals surface area contributed by atoms with Gasteiger partial charge in [-0.25, -0.2) is 4.79 Å². The number of ether oxygens (including phenoxy) is 4. The van der Waals surface area contributed by atoms with Crippen LogP contribution in [0.5, 0.6) is 17.2 Å². The molecule has 0 saturated heterocycles. The van der Waals surface area contributed by atoms with Gasteiger partial charge in [0.15, 0.2) is 17.6 Å². The van der Waals surface area contributed by atoms with Crippen LogP contribution in [0.3, 0.4) is 0 Å². The van der Waals surface area contributed by atoms with Crippen molar-refractivity contribution in [3.8, 4) is 17.2 Å². The number of phenolic OH excluding ortho intramolecular Hbond substituents is 2. The summed E-state index contributed by atoms with van der Waals surface area (Å²) >= 11 is 0. The second-order valence-electron chi connectivity index (χ2n) is 9.71. The molecule has 11 heteroatoms. The first-order valence-electron chi connectivity index (χ1n) is 12.7. The Morgan fingerprint density at radius 2 is 1.80 bits per heavy atom. The highest BCUT2D eigenvalue weighted by atomic mass is 16.6. The second kappa shape index (κ2) is 14.5. The molecule has 6 N–H and O–H groups in total. The maximum atomic E-state index is 12.9. The van der Waals surface area contributed by atoms with Crippen molar-refractivity contribution in [1.29, 1.82) is 0 Å². The van der Waals surface area contributed by atoms with E-state index in [0.717, 1.165) is 0 Å². The maximum Gasteiger partial charge on any atom is 0.405 e. The second-order valence-corrected chi connectivity index (χ2v) is 9.71. The predicted octanol–water partition coefficient (Wildman–Crippen LogP) is 3.79. The first kappa shape index (κ1) is 32.4. The standard InChI is InChI=1S/C29H40N2O9/c1-15-11-19-25(34)20(14-21(32)27(19)39-7)31-28(35)16(2)9-8-10-22(37-5)26(40-29(30)36)18(4)13-17(3)24(33)23(12-15)38-6/h8-11,13-14,17,22-24,26,32-34H,12H2,1-7H3,(H2,30,36)(H,31,35)/t17-,22-,23?,24+,26-/m0/s1. The summed E-state index contributed by atoms with van der Waals surface area (Å²) in [4.78, 5) is 24.6. The molecule has 0 saturated carbocycles. The van der Waals surface area contributed by atoms with E-state index in [2.05, 4.69) is 5.32 Å². The molecule has 11 nitrogen and oxygen atoms in total. The van der Waals surface area contributed by atoms with E-state index in [0.29, 0.717) is 11.1 Å². The van der Waals surface area contributed by atoms with Crippen LogP contribution < -0.4 is 15.8 Å². The summed E-state index contributed by atoms with van der Waals surface area (Å²) in [6, 6.07) is 1.19. The van der Waals surface area contributed by atoms with Gasteiger partial charge in [-0.05, 0) is 38.8 Å². The van der Waals surface area contributed by atoms with Crippen molar-refractivity contribution in [2.45, 2.75) is 58.5 Å². The van der Waals surface area contributed by atoms with Gasteiger partial charge in [-0.2, -0.15) is 0 Å². The number of amides is 2. The number of primary amides is 1. The van der Waals surface area contributed by atoms with Crippen LogP contribution in [-0.4, -0.2) is 73.1 Å². The van der Waals surface area contributed by atoms with Gasteiger partial charge in [0.05, 0.1) is 30.6 Å². The molecule has 1 aromatic carbocycles. The number of phenols is 2. The zero-order valence-corrected chi connectivity index (χ0v) is 23.9. The summed E-state index contributed by atoms with van der Waals surface area (Å²) in [5.41, 5.74) is 6.98. The molecule has 2 bridgehead atoms. The summed E-state index contributed by atoms with van der Waals surface area (Å²) in [6.45, 7) is 6.86. The average molecular weight is 561 g/mol. The third-order valence-electron chi connectivity index (χ3n) is 6.65. The van der Waals surface area contributed by atoms with Gasteiger partial charge in [0.1, 0.15) is 11.9 Å². The lowest BCUT2D eigenvalue weighted by Gasteiger charge is -2.28. The molecule has 1 aliphatic heterocycles. The number of aromatic hydroxyl groups is 2. The molecule has 1 aliphatic rings. The molecule has 0 aliphatic carbocycles. The van der Waals surface area contributed by atoms with Gasteiger partial charge in [0.2, 0.25) is 0 Å². The van der Waals surface area contributed by atoms with Crippen LogP contribution in [0, 0.1) is 5.92 Å². The number of benzene rings is 1. The minimum absolute atomic E-state index is 0.0171. The quantitative estimate of drug-likeness (QED) is 0.209. The Kier molecular flexibility index (Phi) is 11.8. The summed E-state index contributed by atoms with van der Waals surface area (Å²) in [7, 11) is 4.25. The SMILES string of the molecule is COc1c(O)cc2c(O)c1C=C(C)CC(OC)[C@H](O)[C@@H](C)C=C(C)[C@H](OC(N)=O)[C@@H](OC)C=CC=C(C)C(=O)N2. The minimum Gasteiger partial charge on any atom is -0.505 e. The van der Waals surface area contributed by atoms with Crippen molar-refractivity contribution in [3.05, 3.63) is 52.7 Å². The number of methoxy groups -OCH3 is 3. The van der Waals surface area contributed by atoms with Crippen LogP contribution in [0.15, 0.2) is 47.1 Å². The molecular weight excluding hydrogens is 520 g/mol. The number of anilines is 1. The molecule has 0 radical (unpaired) electrons. The predicted molar refractivity (Wildman–Crippen MR) is 151 cm³/mol.